The molecule has 10 nitrogen and oxygen atoms in total. The minimum Gasteiger partial charge on any atom is -0.484 e. The van der Waals surface area contributed by atoms with E-state index >= 15 is 0 Å². The highest BCUT2D eigenvalue weighted by Crippen LogP contribution is 2.18. The molecule has 0 atom stereocenters. The number of ether oxygens (including phenoxy) is 1. The van der Waals surface area contributed by atoms with Gasteiger partial charge in [0.15, 0.2) is 12.3 Å². The molecule has 1 aromatic carbocycles. The summed E-state index contributed by atoms with van der Waals surface area (Å²) in [7, 11) is 0. The van der Waals surface area contributed by atoms with Crippen molar-refractivity contribution in [2.45, 2.75) is 40.5 Å². The maximum Gasteiger partial charge on any atom is 0.276 e. The van der Waals surface area contributed by atoms with Gasteiger partial charge < -0.3 is 10.5 Å². The highest BCUT2D eigenvalue weighted by Gasteiger charge is 2.17. The first kappa shape index (κ1) is 22.7. The first-order valence-electron chi connectivity index (χ1n) is 10.1. The topological polar surface area (TPSA) is 141 Å². The van der Waals surface area contributed by atoms with Crippen LogP contribution in [0, 0.1) is 27.7 Å². The molecule has 0 radical (unpaired) electrons. The molecule has 2 aromatic heterocycles. The van der Waals surface area contributed by atoms with E-state index in [2.05, 4.69) is 20.9 Å². The molecular formula is C22H26N6O4. The standard InChI is InChI=1S/C22H26N6O4/c1-12-5-6-16(9-13(12)2)32-11-20(30)27-26-19(29)8-7-17-14(3)25-22-18(21(23)31)10-24-28(22)15(17)4/h5-6,9-10H,7-8,11H2,1-4H3,(H2,23,31)(H,26,29)(H,27,30). The van der Waals surface area contributed by atoms with Crippen LogP contribution in [0.5, 0.6) is 5.75 Å². The number of aryl methyl sites for hydroxylation is 4. The lowest BCUT2D eigenvalue weighted by Gasteiger charge is -2.12. The van der Waals surface area contributed by atoms with Crippen molar-refractivity contribution < 1.29 is 19.1 Å². The van der Waals surface area contributed by atoms with Gasteiger partial charge in [-0.3, -0.25) is 25.2 Å². The number of rotatable bonds is 7. The summed E-state index contributed by atoms with van der Waals surface area (Å²) in [6.45, 7) is 7.36. The Morgan fingerprint density at radius 1 is 1.06 bits per heavy atom. The number of nitrogens with one attached hydrogen (secondary N) is 2. The summed E-state index contributed by atoms with van der Waals surface area (Å²) in [5.74, 6) is -0.846. The average Bonchev–Trinajstić information content (AvgIpc) is 3.17. The van der Waals surface area contributed by atoms with Crippen LogP contribution < -0.4 is 21.3 Å². The van der Waals surface area contributed by atoms with Gasteiger partial charge in [-0.25, -0.2) is 9.50 Å². The van der Waals surface area contributed by atoms with E-state index in [0.29, 0.717) is 23.5 Å². The molecule has 3 amide bonds. The number of benzene rings is 1. The van der Waals surface area contributed by atoms with Crippen LogP contribution in [0.25, 0.3) is 5.65 Å². The maximum absolute atomic E-state index is 12.2. The molecule has 0 unspecified atom stereocenters. The second-order valence-electron chi connectivity index (χ2n) is 7.55. The van der Waals surface area contributed by atoms with Crippen molar-refractivity contribution in [2.24, 2.45) is 5.73 Å². The van der Waals surface area contributed by atoms with E-state index in [1.165, 1.54) is 10.7 Å². The van der Waals surface area contributed by atoms with Crippen LogP contribution in [0.15, 0.2) is 24.4 Å². The van der Waals surface area contributed by atoms with E-state index in [-0.39, 0.29) is 24.5 Å². The lowest BCUT2D eigenvalue weighted by atomic mass is 10.1. The third-order valence-corrected chi connectivity index (χ3v) is 5.27. The molecule has 168 valence electrons. The zero-order valence-corrected chi connectivity index (χ0v) is 18.5. The van der Waals surface area contributed by atoms with Gasteiger partial charge in [-0.15, -0.1) is 0 Å². The van der Waals surface area contributed by atoms with Crippen LogP contribution in [-0.4, -0.2) is 38.9 Å². The van der Waals surface area contributed by atoms with Gasteiger partial charge in [-0.1, -0.05) is 6.07 Å². The number of hydrogen-bond acceptors (Lipinski definition) is 6. The van der Waals surface area contributed by atoms with E-state index in [0.717, 1.165) is 22.4 Å². The number of hydrazine groups is 1. The molecule has 32 heavy (non-hydrogen) atoms. The van der Waals surface area contributed by atoms with Gasteiger partial charge in [0.2, 0.25) is 5.91 Å². The molecule has 4 N–H and O–H groups in total. The predicted octanol–water partition coefficient (Wildman–Crippen LogP) is 1.22. The molecule has 3 aromatic rings. The molecular weight excluding hydrogens is 412 g/mol. The van der Waals surface area contributed by atoms with Crippen molar-refractivity contribution in [1.82, 2.24) is 25.4 Å². The number of aromatic nitrogens is 3. The fraction of sp³-hybridized carbons (Fsp3) is 0.318. The Morgan fingerprint density at radius 2 is 1.78 bits per heavy atom. The van der Waals surface area contributed by atoms with E-state index in [1.54, 1.807) is 13.0 Å². The van der Waals surface area contributed by atoms with Crippen molar-refractivity contribution >= 4 is 23.4 Å². The first-order chi connectivity index (χ1) is 15.2. The van der Waals surface area contributed by atoms with Gasteiger partial charge in [0.05, 0.1) is 6.20 Å². The Kier molecular flexibility index (Phi) is 6.72. The number of nitrogens with two attached hydrogens (primary N) is 1. The summed E-state index contributed by atoms with van der Waals surface area (Å²) in [6, 6.07) is 5.55. The molecule has 0 spiro atoms. The van der Waals surface area contributed by atoms with Crippen molar-refractivity contribution in [2.75, 3.05) is 6.61 Å². The SMILES string of the molecule is Cc1ccc(OCC(=O)NNC(=O)CCc2c(C)nc3c(C(N)=O)cnn3c2C)cc1C. The summed E-state index contributed by atoms with van der Waals surface area (Å²) in [5.41, 5.74) is 15.2. The predicted molar refractivity (Wildman–Crippen MR) is 117 cm³/mol. The molecule has 3 rings (SSSR count). The Balaban J connectivity index is 1.52. The Morgan fingerprint density at radius 3 is 2.47 bits per heavy atom. The van der Waals surface area contributed by atoms with Gasteiger partial charge in [0, 0.05) is 17.8 Å². The summed E-state index contributed by atoms with van der Waals surface area (Å²) in [6.07, 6.45) is 1.88. The molecule has 0 fully saturated rings. The number of carbonyl (C=O) groups excluding carboxylic acids is 3. The summed E-state index contributed by atoms with van der Waals surface area (Å²) >= 11 is 0. The lowest BCUT2D eigenvalue weighted by molar-refractivity contribution is -0.130. The fourth-order valence-electron chi connectivity index (χ4n) is 3.28. The summed E-state index contributed by atoms with van der Waals surface area (Å²) in [4.78, 5) is 40.1. The molecule has 0 bridgehead atoms. The monoisotopic (exact) mass is 438 g/mol. The summed E-state index contributed by atoms with van der Waals surface area (Å²) in [5, 5.41) is 4.17. The van der Waals surface area contributed by atoms with Crippen molar-refractivity contribution in [3.8, 4) is 5.75 Å². The largest absolute Gasteiger partial charge is 0.484 e. The Labute approximate surface area is 185 Å². The van der Waals surface area contributed by atoms with Gasteiger partial charge in [-0.2, -0.15) is 5.10 Å². The van der Waals surface area contributed by atoms with Crippen molar-refractivity contribution in [1.29, 1.82) is 0 Å². The van der Waals surface area contributed by atoms with Crippen molar-refractivity contribution in [3.63, 3.8) is 0 Å². The number of primary amides is 1. The number of fused-ring (bicyclic) bond motifs is 1. The van der Waals surface area contributed by atoms with Crippen LogP contribution in [0.2, 0.25) is 0 Å². The average molecular weight is 438 g/mol. The zero-order valence-electron chi connectivity index (χ0n) is 18.5. The van der Waals surface area contributed by atoms with E-state index < -0.39 is 11.8 Å². The molecule has 2 heterocycles. The smallest absolute Gasteiger partial charge is 0.276 e. The lowest BCUT2D eigenvalue weighted by Crippen LogP contribution is -2.43. The number of hydrogen-bond donors (Lipinski definition) is 3. The molecule has 0 aliphatic heterocycles. The third-order valence-electron chi connectivity index (χ3n) is 5.27. The van der Waals surface area contributed by atoms with Crippen LogP contribution in [0.1, 0.15) is 44.9 Å². The van der Waals surface area contributed by atoms with Crippen LogP contribution in [-0.2, 0) is 16.0 Å². The summed E-state index contributed by atoms with van der Waals surface area (Å²) < 4.78 is 6.98. The van der Waals surface area contributed by atoms with E-state index in [1.807, 2.05) is 32.9 Å². The van der Waals surface area contributed by atoms with Gasteiger partial charge in [-0.05, 0) is 62.9 Å². The minimum atomic E-state index is -0.601. The van der Waals surface area contributed by atoms with Crippen LogP contribution in [0.4, 0.5) is 0 Å². The molecule has 0 saturated carbocycles. The Hall–Kier alpha value is -3.95. The molecule has 0 aliphatic carbocycles. The minimum absolute atomic E-state index is 0.122. The zero-order chi connectivity index (χ0) is 23.4. The highest BCUT2D eigenvalue weighted by atomic mass is 16.5. The first-order valence-corrected chi connectivity index (χ1v) is 10.1. The Bertz CT molecular complexity index is 1200. The second-order valence-corrected chi connectivity index (χ2v) is 7.55. The number of nitrogens with zero attached hydrogens (tertiary/aromatic N) is 3. The molecule has 10 heteroatoms. The van der Waals surface area contributed by atoms with E-state index in [4.69, 9.17) is 10.5 Å². The van der Waals surface area contributed by atoms with Gasteiger partial charge in [0.1, 0.15) is 11.3 Å². The maximum atomic E-state index is 12.2. The molecule has 0 aliphatic rings. The van der Waals surface area contributed by atoms with Gasteiger partial charge >= 0.3 is 0 Å². The number of carbonyl (C=O) groups is 3. The number of amides is 3. The highest BCUT2D eigenvalue weighted by molar-refractivity contribution is 5.98. The molecule has 0 saturated heterocycles. The quantitative estimate of drug-likeness (QED) is 0.474. The van der Waals surface area contributed by atoms with Gasteiger partial charge in [0.25, 0.3) is 11.8 Å². The normalized spacial score (nSPS) is 10.8. The third kappa shape index (κ3) is 5.02. The van der Waals surface area contributed by atoms with Crippen LogP contribution >= 0.6 is 0 Å². The van der Waals surface area contributed by atoms with E-state index in [9.17, 15) is 14.4 Å². The second kappa shape index (κ2) is 9.46. The fourth-order valence-corrected chi connectivity index (χ4v) is 3.28. The van der Waals surface area contributed by atoms with Crippen molar-refractivity contribution in [3.05, 3.63) is 58.0 Å². The van der Waals surface area contributed by atoms with Crippen LogP contribution in [0.3, 0.4) is 0 Å².